The molecule has 6 rings (SSSR count). The van der Waals surface area contributed by atoms with Crippen molar-refractivity contribution in [3.8, 4) is 11.3 Å². The molecule has 1 aromatic carbocycles. The van der Waals surface area contributed by atoms with Crippen LogP contribution in [0.4, 0.5) is 0 Å². The third kappa shape index (κ3) is 3.72. The van der Waals surface area contributed by atoms with Crippen LogP contribution in [0.1, 0.15) is 58.7 Å². The van der Waals surface area contributed by atoms with E-state index in [2.05, 4.69) is 10.1 Å². The van der Waals surface area contributed by atoms with Gasteiger partial charge in [-0.25, -0.2) is 0 Å². The van der Waals surface area contributed by atoms with Crippen LogP contribution in [0.2, 0.25) is 0 Å². The van der Waals surface area contributed by atoms with E-state index in [-0.39, 0.29) is 24.3 Å². The molecule has 4 aromatic rings. The highest BCUT2D eigenvalue weighted by atomic mass is 32.1. The molecule has 0 saturated heterocycles. The molecule has 2 N–H and O–H groups in total. The molecule has 2 aliphatic heterocycles. The Kier molecular flexibility index (Phi) is 5.49. The van der Waals surface area contributed by atoms with Crippen LogP contribution in [-0.4, -0.2) is 43.9 Å². The highest BCUT2D eigenvalue weighted by Crippen LogP contribution is 2.40. The highest BCUT2D eigenvalue weighted by Gasteiger charge is 2.38. The number of thiophene rings is 1. The van der Waals surface area contributed by atoms with Crippen molar-refractivity contribution in [1.29, 1.82) is 0 Å². The SMILES string of the molecule is NC(=O)c1cc2c(s1)CCCn1ncc([C@H](Cc3cccnc3)CN3C(=O)c4ccccc4C3=O)c1-2. The van der Waals surface area contributed by atoms with Crippen molar-refractivity contribution in [2.45, 2.75) is 31.7 Å². The van der Waals surface area contributed by atoms with Crippen LogP contribution in [0.3, 0.4) is 0 Å². The molecule has 1 atom stereocenters. The monoisotopic (exact) mass is 497 g/mol. The molecule has 0 radical (unpaired) electrons. The Hall–Kier alpha value is -4.11. The lowest BCUT2D eigenvalue weighted by Gasteiger charge is -2.23. The topological polar surface area (TPSA) is 111 Å². The van der Waals surface area contributed by atoms with Crippen molar-refractivity contribution in [1.82, 2.24) is 19.7 Å². The van der Waals surface area contributed by atoms with Crippen molar-refractivity contribution >= 4 is 29.1 Å². The lowest BCUT2D eigenvalue weighted by atomic mass is 9.90. The summed E-state index contributed by atoms with van der Waals surface area (Å²) in [5, 5.41) is 4.69. The van der Waals surface area contributed by atoms with Crippen LogP contribution in [0.5, 0.6) is 0 Å². The minimum atomic E-state index is -0.446. The van der Waals surface area contributed by atoms with Crippen LogP contribution < -0.4 is 5.73 Å². The zero-order valence-electron chi connectivity index (χ0n) is 19.4. The van der Waals surface area contributed by atoms with Crippen molar-refractivity contribution in [2.75, 3.05) is 6.54 Å². The van der Waals surface area contributed by atoms with Gasteiger partial charge in [-0.05, 0) is 49.1 Å². The maximum absolute atomic E-state index is 13.2. The maximum Gasteiger partial charge on any atom is 0.261 e. The van der Waals surface area contributed by atoms with Crippen molar-refractivity contribution in [3.63, 3.8) is 0 Å². The number of imide groups is 1. The number of fused-ring (bicyclic) bond motifs is 4. The Morgan fingerprint density at radius 2 is 1.83 bits per heavy atom. The fourth-order valence-electron chi connectivity index (χ4n) is 5.19. The number of carbonyl (C=O) groups is 3. The first-order chi connectivity index (χ1) is 17.5. The summed E-state index contributed by atoms with van der Waals surface area (Å²) in [7, 11) is 0. The maximum atomic E-state index is 13.2. The lowest BCUT2D eigenvalue weighted by molar-refractivity contribution is 0.0643. The molecule has 5 heterocycles. The van der Waals surface area contributed by atoms with Gasteiger partial charge in [0.1, 0.15) is 0 Å². The number of amides is 3. The number of nitrogens with two attached hydrogens (primary N) is 1. The molecular formula is C27H23N5O3S. The Labute approximate surface area is 211 Å². The van der Waals surface area contributed by atoms with Crippen LogP contribution in [0.25, 0.3) is 11.3 Å². The van der Waals surface area contributed by atoms with E-state index < -0.39 is 5.91 Å². The molecule has 180 valence electrons. The first-order valence-electron chi connectivity index (χ1n) is 11.8. The second-order valence-corrected chi connectivity index (χ2v) is 10.3. The minimum Gasteiger partial charge on any atom is -0.365 e. The lowest BCUT2D eigenvalue weighted by Crippen LogP contribution is -2.34. The molecule has 0 spiro atoms. The molecule has 0 fully saturated rings. The number of aryl methyl sites for hydroxylation is 2. The predicted octanol–water partition coefficient (Wildman–Crippen LogP) is 3.67. The molecule has 3 aromatic heterocycles. The molecule has 0 bridgehead atoms. The Balaban J connectivity index is 1.44. The summed E-state index contributed by atoms with van der Waals surface area (Å²) in [6, 6.07) is 12.7. The fourth-order valence-corrected chi connectivity index (χ4v) is 6.24. The highest BCUT2D eigenvalue weighted by molar-refractivity contribution is 7.14. The van der Waals surface area contributed by atoms with Gasteiger partial charge in [0.15, 0.2) is 0 Å². The van der Waals surface area contributed by atoms with Gasteiger partial charge < -0.3 is 5.73 Å². The minimum absolute atomic E-state index is 0.210. The molecular weight excluding hydrogens is 474 g/mol. The quantitative estimate of drug-likeness (QED) is 0.409. The van der Waals surface area contributed by atoms with Gasteiger partial charge in [0.2, 0.25) is 0 Å². The second kappa shape index (κ2) is 8.83. The van der Waals surface area contributed by atoms with Crippen LogP contribution in [0.15, 0.2) is 61.1 Å². The molecule has 9 heteroatoms. The average Bonchev–Trinajstić information content (AvgIpc) is 3.53. The summed E-state index contributed by atoms with van der Waals surface area (Å²) < 4.78 is 1.97. The predicted molar refractivity (Wildman–Crippen MR) is 135 cm³/mol. The van der Waals surface area contributed by atoms with E-state index in [1.165, 1.54) is 16.2 Å². The molecule has 3 amide bonds. The number of aromatic nitrogens is 3. The number of nitrogens with zero attached hydrogens (tertiary/aromatic N) is 4. The van der Waals surface area contributed by atoms with Crippen LogP contribution in [-0.2, 0) is 19.4 Å². The summed E-state index contributed by atoms with van der Waals surface area (Å²) in [5.41, 5.74) is 10.3. The van der Waals surface area contributed by atoms with E-state index in [9.17, 15) is 14.4 Å². The second-order valence-electron chi connectivity index (χ2n) is 9.12. The van der Waals surface area contributed by atoms with Gasteiger partial charge in [0.05, 0.1) is 27.9 Å². The first kappa shape index (κ1) is 22.4. The van der Waals surface area contributed by atoms with Gasteiger partial charge in [0.25, 0.3) is 17.7 Å². The van der Waals surface area contributed by atoms with E-state index in [1.54, 1.807) is 36.7 Å². The fraction of sp³-hybridized carbons (Fsp3) is 0.222. The Morgan fingerprint density at radius 3 is 2.53 bits per heavy atom. The average molecular weight is 498 g/mol. The number of rotatable bonds is 6. The van der Waals surface area contributed by atoms with Crippen molar-refractivity contribution < 1.29 is 14.4 Å². The third-order valence-corrected chi connectivity index (χ3v) is 8.08. The molecule has 36 heavy (non-hydrogen) atoms. The summed E-state index contributed by atoms with van der Waals surface area (Å²) in [6.07, 6.45) is 7.66. The third-order valence-electron chi connectivity index (χ3n) is 6.87. The van der Waals surface area contributed by atoms with E-state index in [1.807, 2.05) is 29.1 Å². The summed E-state index contributed by atoms with van der Waals surface area (Å²) >= 11 is 1.43. The number of carbonyl (C=O) groups excluding carboxylic acids is 3. The van der Waals surface area contributed by atoms with Crippen molar-refractivity contribution in [2.24, 2.45) is 5.73 Å². The Morgan fingerprint density at radius 1 is 1.06 bits per heavy atom. The van der Waals surface area contributed by atoms with Gasteiger partial charge in [0, 0.05) is 47.4 Å². The van der Waals surface area contributed by atoms with Gasteiger partial charge in [-0.3, -0.25) is 28.9 Å². The van der Waals surface area contributed by atoms with E-state index in [4.69, 9.17) is 5.73 Å². The van der Waals surface area contributed by atoms with E-state index in [0.29, 0.717) is 22.4 Å². The summed E-state index contributed by atoms with van der Waals surface area (Å²) in [6.45, 7) is 0.956. The zero-order chi connectivity index (χ0) is 24.8. The summed E-state index contributed by atoms with van der Waals surface area (Å²) in [4.78, 5) is 45.6. The number of benzene rings is 1. The van der Waals surface area contributed by atoms with Crippen molar-refractivity contribution in [3.05, 3.63) is 93.1 Å². The summed E-state index contributed by atoms with van der Waals surface area (Å²) in [5.74, 6) is -1.23. The zero-order valence-corrected chi connectivity index (χ0v) is 20.2. The van der Waals surface area contributed by atoms with Gasteiger partial charge in [-0.1, -0.05) is 18.2 Å². The number of hydrogen-bond acceptors (Lipinski definition) is 6. The molecule has 0 aliphatic carbocycles. The van der Waals surface area contributed by atoms with Gasteiger partial charge in [-0.15, -0.1) is 11.3 Å². The largest absolute Gasteiger partial charge is 0.365 e. The molecule has 8 nitrogen and oxygen atoms in total. The Bertz CT molecular complexity index is 1470. The molecule has 0 unspecified atom stereocenters. The standard InChI is InChI=1S/C27H23N5O3S/c28-25(33)23-12-20-22(36-23)8-4-10-32-24(20)21(14-30-32)17(11-16-5-3-9-29-13-16)15-31-26(34)18-6-1-2-7-19(18)27(31)35/h1-3,5-7,9,12-14,17H,4,8,10-11,15H2,(H2,28,33)/t17-/m1/s1. The first-order valence-corrected chi connectivity index (χ1v) is 12.7. The molecule has 2 aliphatic rings. The van der Waals surface area contributed by atoms with Crippen LogP contribution >= 0.6 is 11.3 Å². The number of hydrogen-bond donors (Lipinski definition) is 1. The molecule has 0 saturated carbocycles. The normalized spacial score (nSPS) is 15.3. The van der Waals surface area contributed by atoms with Gasteiger partial charge >= 0.3 is 0 Å². The smallest absolute Gasteiger partial charge is 0.261 e. The van der Waals surface area contributed by atoms with E-state index >= 15 is 0 Å². The number of pyridine rings is 1. The number of primary amides is 1. The van der Waals surface area contributed by atoms with Crippen LogP contribution in [0, 0.1) is 0 Å². The van der Waals surface area contributed by atoms with E-state index in [0.717, 1.165) is 46.6 Å². The van der Waals surface area contributed by atoms with Gasteiger partial charge in [-0.2, -0.15) is 5.10 Å².